The Morgan fingerprint density at radius 3 is 1.95 bits per heavy atom. The first-order valence-corrected chi connectivity index (χ1v) is 12.7. The van der Waals surface area contributed by atoms with Crippen LogP contribution in [0.15, 0.2) is 106 Å². The van der Waals surface area contributed by atoms with Gasteiger partial charge in [0.05, 0.1) is 28.4 Å². The van der Waals surface area contributed by atoms with Crippen molar-refractivity contribution in [2.24, 2.45) is 0 Å². The predicted molar refractivity (Wildman–Crippen MR) is 148 cm³/mol. The molecule has 1 heterocycles. The third-order valence-electron chi connectivity index (χ3n) is 5.99. The van der Waals surface area contributed by atoms with Crippen molar-refractivity contribution in [2.45, 2.75) is 20.1 Å². The summed E-state index contributed by atoms with van der Waals surface area (Å²) in [5, 5.41) is 4.29. The lowest BCUT2D eigenvalue weighted by atomic mass is 9.99. The zero-order chi connectivity index (χ0) is 25.6. The van der Waals surface area contributed by atoms with Gasteiger partial charge in [0.25, 0.3) is 0 Å². The second kappa shape index (κ2) is 11.4. The maximum Gasteiger partial charge on any atom is 0.178 e. The van der Waals surface area contributed by atoms with E-state index >= 15 is 0 Å². The quantitative estimate of drug-likeness (QED) is 0.183. The normalized spacial score (nSPS) is 10.8. The average Bonchev–Trinajstić information content (AvgIpc) is 3.33. The van der Waals surface area contributed by atoms with Crippen LogP contribution in [0.25, 0.3) is 22.5 Å². The van der Waals surface area contributed by atoms with E-state index in [4.69, 9.17) is 18.7 Å². The fourth-order valence-corrected chi connectivity index (χ4v) is 4.52. The number of halogens is 1. The molecule has 0 bridgehead atoms. The van der Waals surface area contributed by atoms with E-state index in [1.807, 2.05) is 104 Å². The summed E-state index contributed by atoms with van der Waals surface area (Å²) < 4.78 is 24.5. The number of hydrogen-bond donors (Lipinski definition) is 0. The third kappa shape index (κ3) is 5.70. The number of ether oxygens (including phenoxy) is 3. The monoisotopic (exact) mass is 555 g/mol. The first kappa shape index (κ1) is 24.7. The van der Waals surface area contributed by atoms with Gasteiger partial charge in [0.2, 0.25) is 0 Å². The lowest BCUT2D eigenvalue weighted by Crippen LogP contribution is -2.00. The summed E-state index contributed by atoms with van der Waals surface area (Å²) in [6.07, 6.45) is 0. The molecule has 0 aliphatic heterocycles. The van der Waals surface area contributed by atoms with Gasteiger partial charge in [-0.1, -0.05) is 78.0 Å². The molecule has 0 fully saturated rings. The minimum Gasteiger partial charge on any atom is -0.497 e. The van der Waals surface area contributed by atoms with E-state index in [0.29, 0.717) is 30.5 Å². The summed E-state index contributed by atoms with van der Waals surface area (Å²) in [7, 11) is 1.65. The molecule has 5 rings (SSSR count). The van der Waals surface area contributed by atoms with Crippen LogP contribution in [0, 0.1) is 6.92 Å². The molecule has 0 spiro atoms. The van der Waals surface area contributed by atoms with Crippen molar-refractivity contribution in [1.82, 2.24) is 5.16 Å². The Bertz CT molecular complexity index is 1470. The zero-order valence-corrected chi connectivity index (χ0v) is 22.2. The summed E-state index contributed by atoms with van der Waals surface area (Å²) in [4.78, 5) is 0. The van der Waals surface area contributed by atoms with E-state index in [1.165, 1.54) is 0 Å². The Morgan fingerprint density at radius 2 is 1.35 bits per heavy atom. The number of rotatable bonds is 9. The van der Waals surface area contributed by atoms with Crippen LogP contribution >= 0.6 is 15.9 Å². The first-order chi connectivity index (χ1) is 18.1. The number of hydrogen-bond acceptors (Lipinski definition) is 5. The fourth-order valence-electron chi connectivity index (χ4n) is 4.06. The summed E-state index contributed by atoms with van der Waals surface area (Å²) in [6, 6.07) is 31.8. The van der Waals surface area contributed by atoms with Gasteiger partial charge in [0, 0.05) is 6.07 Å². The third-order valence-corrected chi connectivity index (χ3v) is 6.61. The average molecular weight is 556 g/mol. The van der Waals surface area contributed by atoms with Crippen LogP contribution in [-0.2, 0) is 13.2 Å². The minimum absolute atomic E-state index is 0.401. The molecule has 37 heavy (non-hydrogen) atoms. The van der Waals surface area contributed by atoms with Crippen LogP contribution in [0.4, 0.5) is 0 Å². The fraction of sp³-hybridized carbons (Fsp3) is 0.129. The van der Waals surface area contributed by atoms with Crippen molar-refractivity contribution in [3.05, 3.63) is 118 Å². The van der Waals surface area contributed by atoms with Crippen molar-refractivity contribution in [2.75, 3.05) is 7.11 Å². The number of benzene rings is 4. The van der Waals surface area contributed by atoms with E-state index in [2.05, 4.69) is 21.1 Å². The molecule has 0 saturated heterocycles. The van der Waals surface area contributed by atoms with Crippen LogP contribution in [0.1, 0.15) is 16.8 Å². The van der Waals surface area contributed by atoms with Gasteiger partial charge in [-0.15, -0.1) is 0 Å². The van der Waals surface area contributed by atoms with Gasteiger partial charge in [-0.3, -0.25) is 0 Å². The van der Waals surface area contributed by atoms with Gasteiger partial charge in [-0.05, 0) is 57.7 Å². The molecule has 0 aliphatic rings. The van der Waals surface area contributed by atoms with Crippen molar-refractivity contribution in [1.29, 1.82) is 0 Å². The van der Waals surface area contributed by atoms with Crippen LogP contribution in [0.3, 0.4) is 0 Å². The van der Waals surface area contributed by atoms with Gasteiger partial charge >= 0.3 is 0 Å². The van der Waals surface area contributed by atoms with Crippen molar-refractivity contribution < 1.29 is 18.7 Å². The molecular formula is C31H26BrNO4. The Balaban J connectivity index is 1.54. The van der Waals surface area contributed by atoms with E-state index in [-0.39, 0.29) is 0 Å². The molecule has 186 valence electrons. The topological polar surface area (TPSA) is 53.7 Å². The maximum absolute atomic E-state index is 6.35. The van der Waals surface area contributed by atoms with Gasteiger partial charge in [-0.25, -0.2) is 0 Å². The van der Waals surface area contributed by atoms with Crippen LogP contribution < -0.4 is 14.2 Å². The van der Waals surface area contributed by atoms with E-state index < -0.39 is 0 Å². The smallest absolute Gasteiger partial charge is 0.178 e. The Morgan fingerprint density at radius 1 is 0.757 bits per heavy atom. The summed E-state index contributed by atoms with van der Waals surface area (Å²) in [5.74, 6) is 2.73. The highest BCUT2D eigenvalue weighted by molar-refractivity contribution is 9.10. The molecule has 4 aromatic carbocycles. The Hall–Kier alpha value is -4.03. The molecule has 0 atom stereocenters. The molecule has 0 unspecified atom stereocenters. The van der Waals surface area contributed by atoms with E-state index in [1.54, 1.807) is 7.11 Å². The van der Waals surface area contributed by atoms with E-state index in [0.717, 1.165) is 43.7 Å². The summed E-state index contributed by atoms with van der Waals surface area (Å²) >= 11 is 3.70. The van der Waals surface area contributed by atoms with Gasteiger partial charge in [0.15, 0.2) is 5.76 Å². The number of methoxy groups -OCH3 is 1. The van der Waals surface area contributed by atoms with Crippen LogP contribution in [0.5, 0.6) is 17.2 Å². The number of aryl methyl sites for hydroxylation is 1. The largest absolute Gasteiger partial charge is 0.497 e. The molecule has 0 amide bonds. The highest BCUT2D eigenvalue weighted by atomic mass is 79.9. The molecular weight excluding hydrogens is 530 g/mol. The summed E-state index contributed by atoms with van der Waals surface area (Å²) in [5.41, 5.74) is 5.59. The number of nitrogens with zero attached hydrogens (tertiary/aromatic N) is 1. The molecule has 5 nitrogen and oxygen atoms in total. The first-order valence-electron chi connectivity index (χ1n) is 11.9. The highest BCUT2D eigenvalue weighted by Crippen LogP contribution is 2.44. The lowest BCUT2D eigenvalue weighted by Gasteiger charge is -2.16. The van der Waals surface area contributed by atoms with Gasteiger partial charge < -0.3 is 18.7 Å². The van der Waals surface area contributed by atoms with Crippen molar-refractivity contribution >= 4 is 15.9 Å². The standard InChI is InChI=1S/C31H26BrNO4/c1-21-30(24-13-15-25(34-2)16-14-24)31(37-33-21)26-17-27(32)29(36-20-23-11-7-4-8-12-23)18-28(26)35-19-22-9-5-3-6-10-22/h3-18H,19-20H2,1-2H3. The molecule has 6 heteroatoms. The molecule has 5 aromatic rings. The van der Waals surface area contributed by atoms with Crippen molar-refractivity contribution in [3.8, 4) is 39.7 Å². The van der Waals surface area contributed by atoms with Gasteiger partial charge in [0.1, 0.15) is 30.5 Å². The molecule has 0 saturated carbocycles. The second-order valence-corrected chi connectivity index (χ2v) is 9.38. The molecule has 0 aliphatic carbocycles. The number of aromatic nitrogens is 1. The second-order valence-electron chi connectivity index (χ2n) is 8.53. The molecule has 0 N–H and O–H groups in total. The Kier molecular flexibility index (Phi) is 7.57. The summed E-state index contributed by atoms with van der Waals surface area (Å²) in [6.45, 7) is 2.78. The SMILES string of the molecule is COc1ccc(-c2c(C)noc2-c2cc(Br)c(OCc3ccccc3)cc2OCc2ccccc2)cc1. The van der Waals surface area contributed by atoms with E-state index in [9.17, 15) is 0 Å². The minimum atomic E-state index is 0.401. The van der Waals surface area contributed by atoms with Crippen LogP contribution in [-0.4, -0.2) is 12.3 Å². The maximum atomic E-state index is 6.35. The molecule has 0 radical (unpaired) electrons. The van der Waals surface area contributed by atoms with Crippen molar-refractivity contribution in [3.63, 3.8) is 0 Å². The zero-order valence-electron chi connectivity index (χ0n) is 20.6. The van der Waals surface area contributed by atoms with Gasteiger partial charge in [-0.2, -0.15) is 0 Å². The van der Waals surface area contributed by atoms with Crippen LogP contribution in [0.2, 0.25) is 0 Å². The molecule has 1 aromatic heterocycles. The highest BCUT2D eigenvalue weighted by Gasteiger charge is 2.23. The predicted octanol–water partition coefficient (Wildman–Crippen LogP) is 8.25. The lowest BCUT2D eigenvalue weighted by molar-refractivity contribution is 0.289. The Labute approximate surface area is 224 Å².